The predicted octanol–water partition coefficient (Wildman–Crippen LogP) is 3.08. The Morgan fingerprint density at radius 3 is 3.04 bits per heavy atom. The molecule has 2 amide bonds. The lowest BCUT2D eigenvalue weighted by Gasteiger charge is -2.23. The maximum atomic E-state index is 13.4. The number of carbonyl (C=O) groups excluding carboxylic acids is 1. The summed E-state index contributed by atoms with van der Waals surface area (Å²) in [6.07, 6.45) is 1.58. The van der Waals surface area contributed by atoms with Crippen LogP contribution >= 0.6 is 11.3 Å². The Labute approximate surface area is 138 Å². The zero-order valence-electron chi connectivity index (χ0n) is 12.8. The van der Waals surface area contributed by atoms with Crippen LogP contribution in [-0.4, -0.2) is 17.7 Å². The second-order valence-electron chi connectivity index (χ2n) is 6.01. The van der Waals surface area contributed by atoms with E-state index in [1.54, 1.807) is 13.0 Å². The highest BCUT2D eigenvalue weighted by molar-refractivity contribution is 7.10. The Hall–Kier alpha value is -1.92. The zero-order valence-corrected chi connectivity index (χ0v) is 13.6. The molecular weight excluding hydrogens is 315 g/mol. The van der Waals surface area contributed by atoms with Crippen molar-refractivity contribution in [3.8, 4) is 0 Å². The van der Waals surface area contributed by atoms with Crippen LogP contribution in [0.25, 0.3) is 0 Å². The molecule has 0 radical (unpaired) electrons. The van der Waals surface area contributed by atoms with Gasteiger partial charge in [0, 0.05) is 4.88 Å². The molecule has 1 aromatic carbocycles. The molecule has 122 valence electrons. The number of benzene rings is 1. The molecule has 3 N–H and O–H groups in total. The third kappa shape index (κ3) is 3.54. The van der Waals surface area contributed by atoms with E-state index in [2.05, 4.69) is 10.6 Å². The summed E-state index contributed by atoms with van der Waals surface area (Å²) >= 11 is 1.44. The largest absolute Gasteiger partial charge is 0.383 e. The fraction of sp³-hybridized carbons (Fsp3) is 0.353. The third-order valence-corrected chi connectivity index (χ3v) is 5.26. The molecule has 0 saturated heterocycles. The molecule has 0 aliphatic heterocycles. The van der Waals surface area contributed by atoms with Crippen molar-refractivity contribution in [3.05, 3.63) is 57.5 Å². The molecule has 0 spiro atoms. The summed E-state index contributed by atoms with van der Waals surface area (Å²) < 4.78 is 13.4. The first kappa shape index (κ1) is 16.0. The first-order valence-corrected chi connectivity index (χ1v) is 8.43. The highest BCUT2D eigenvalue weighted by atomic mass is 32.1. The number of urea groups is 1. The summed E-state index contributed by atoms with van der Waals surface area (Å²) in [7, 11) is 0. The molecule has 3 rings (SSSR count). The number of hydrogen-bond donors (Lipinski definition) is 3. The van der Waals surface area contributed by atoms with Gasteiger partial charge in [0.2, 0.25) is 0 Å². The van der Waals surface area contributed by atoms with Gasteiger partial charge in [0.1, 0.15) is 11.4 Å². The molecule has 1 aromatic heterocycles. The molecule has 1 heterocycles. The van der Waals surface area contributed by atoms with E-state index in [0.717, 1.165) is 28.8 Å². The Morgan fingerprint density at radius 1 is 1.48 bits per heavy atom. The standard InChI is InChI=1S/C17H19FN2O2S/c1-17(22,15-3-2-8-23-15)10-19-16(21)20-14-7-5-11-4-6-12(18)9-13(11)14/h2-4,6,8-9,14,22H,5,7,10H2,1H3,(H2,19,20,21). The SMILES string of the molecule is CC(O)(CNC(=O)NC1CCc2ccc(F)cc21)c1cccs1. The van der Waals surface area contributed by atoms with E-state index in [0.29, 0.717) is 0 Å². The summed E-state index contributed by atoms with van der Waals surface area (Å²) in [5.74, 6) is -0.293. The van der Waals surface area contributed by atoms with Gasteiger partial charge in [-0.1, -0.05) is 12.1 Å². The summed E-state index contributed by atoms with van der Waals surface area (Å²) in [5.41, 5.74) is 0.804. The monoisotopic (exact) mass is 334 g/mol. The van der Waals surface area contributed by atoms with E-state index in [4.69, 9.17) is 0 Å². The summed E-state index contributed by atoms with van der Waals surface area (Å²) in [6.45, 7) is 1.78. The molecule has 4 nitrogen and oxygen atoms in total. The topological polar surface area (TPSA) is 61.4 Å². The second-order valence-corrected chi connectivity index (χ2v) is 6.96. The maximum absolute atomic E-state index is 13.4. The number of thiophene rings is 1. The number of aryl methyl sites for hydroxylation is 1. The van der Waals surface area contributed by atoms with Gasteiger partial charge in [-0.15, -0.1) is 11.3 Å². The smallest absolute Gasteiger partial charge is 0.315 e. The van der Waals surface area contributed by atoms with E-state index in [9.17, 15) is 14.3 Å². The maximum Gasteiger partial charge on any atom is 0.315 e. The Kier molecular flexibility index (Phi) is 4.37. The van der Waals surface area contributed by atoms with Crippen molar-refractivity contribution in [2.24, 2.45) is 0 Å². The fourth-order valence-corrected chi connectivity index (χ4v) is 3.64. The Bertz CT molecular complexity index is 701. The molecule has 23 heavy (non-hydrogen) atoms. The Morgan fingerprint density at radius 2 is 2.30 bits per heavy atom. The van der Waals surface area contributed by atoms with E-state index in [1.165, 1.54) is 23.5 Å². The van der Waals surface area contributed by atoms with Crippen LogP contribution in [0.5, 0.6) is 0 Å². The van der Waals surface area contributed by atoms with Crippen LogP contribution in [0.3, 0.4) is 0 Å². The molecule has 2 atom stereocenters. The molecule has 2 unspecified atom stereocenters. The minimum atomic E-state index is -1.11. The third-order valence-electron chi connectivity index (χ3n) is 4.14. The van der Waals surface area contributed by atoms with E-state index in [-0.39, 0.29) is 24.4 Å². The number of nitrogens with one attached hydrogen (secondary N) is 2. The molecule has 0 bridgehead atoms. The van der Waals surface area contributed by atoms with E-state index in [1.807, 2.05) is 17.5 Å². The number of rotatable bonds is 4. The first-order chi connectivity index (χ1) is 11.0. The Balaban J connectivity index is 1.58. The van der Waals surface area contributed by atoms with Gasteiger partial charge in [-0.25, -0.2) is 9.18 Å². The van der Waals surface area contributed by atoms with E-state index < -0.39 is 5.60 Å². The number of aliphatic hydroxyl groups is 1. The quantitative estimate of drug-likeness (QED) is 0.805. The number of amides is 2. The molecule has 0 fully saturated rings. The summed E-state index contributed by atoms with van der Waals surface area (Å²) in [5, 5.41) is 17.8. The van der Waals surface area contributed by atoms with Crippen LogP contribution in [0, 0.1) is 5.82 Å². The molecule has 0 saturated carbocycles. The van der Waals surface area contributed by atoms with E-state index >= 15 is 0 Å². The fourth-order valence-electron chi connectivity index (χ4n) is 2.86. The van der Waals surface area contributed by atoms with Crippen molar-refractivity contribution in [1.29, 1.82) is 0 Å². The normalized spacial score (nSPS) is 19.0. The second kappa shape index (κ2) is 6.29. The van der Waals surface area contributed by atoms with Gasteiger partial charge >= 0.3 is 6.03 Å². The average molecular weight is 334 g/mol. The van der Waals surface area contributed by atoms with Gasteiger partial charge in [0.05, 0.1) is 12.6 Å². The average Bonchev–Trinajstić information content (AvgIpc) is 3.16. The minimum Gasteiger partial charge on any atom is -0.383 e. The van der Waals surface area contributed by atoms with Gasteiger partial charge in [0.15, 0.2) is 0 Å². The van der Waals surface area contributed by atoms with Crippen LogP contribution in [-0.2, 0) is 12.0 Å². The predicted molar refractivity (Wildman–Crippen MR) is 87.9 cm³/mol. The highest BCUT2D eigenvalue weighted by Crippen LogP contribution is 2.31. The van der Waals surface area contributed by atoms with Crippen LogP contribution in [0.15, 0.2) is 35.7 Å². The number of hydrogen-bond acceptors (Lipinski definition) is 3. The van der Waals surface area contributed by atoms with Crippen molar-refractivity contribution in [2.45, 2.75) is 31.4 Å². The lowest BCUT2D eigenvalue weighted by atomic mass is 10.1. The van der Waals surface area contributed by atoms with Crippen molar-refractivity contribution in [3.63, 3.8) is 0 Å². The van der Waals surface area contributed by atoms with Crippen molar-refractivity contribution in [1.82, 2.24) is 10.6 Å². The number of carbonyl (C=O) groups is 1. The number of fused-ring (bicyclic) bond motifs is 1. The van der Waals surface area contributed by atoms with Crippen LogP contribution < -0.4 is 10.6 Å². The molecule has 6 heteroatoms. The van der Waals surface area contributed by atoms with Gasteiger partial charge in [-0.3, -0.25) is 0 Å². The molecule has 1 aliphatic carbocycles. The van der Waals surface area contributed by atoms with Crippen molar-refractivity contribution < 1.29 is 14.3 Å². The summed E-state index contributed by atoms with van der Waals surface area (Å²) in [6, 6.07) is 7.84. The molecule has 2 aromatic rings. The molecular formula is C17H19FN2O2S. The van der Waals surface area contributed by atoms with Crippen LogP contribution in [0.2, 0.25) is 0 Å². The lowest BCUT2D eigenvalue weighted by molar-refractivity contribution is 0.0630. The van der Waals surface area contributed by atoms with Gasteiger partial charge in [-0.2, -0.15) is 0 Å². The van der Waals surface area contributed by atoms with Gasteiger partial charge < -0.3 is 15.7 Å². The highest BCUT2D eigenvalue weighted by Gasteiger charge is 2.27. The van der Waals surface area contributed by atoms with Gasteiger partial charge in [-0.05, 0) is 54.5 Å². The van der Waals surface area contributed by atoms with Crippen LogP contribution in [0.1, 0.15) is 35.4 Å². The number of halogens is 1. The van der Waals surface area contributed by atoms with Crippen LogP contribution in [0.4, 0.5) is 9.18 Å². The van der Waals surface area contributed by atoms with Crippen molar-refractivity contribution >= 4 is 17.4 Å². The molecule has 1 aliphatic rings. The first-order valence-electron chi connectivity index (χ1n) is 7.55. The van der Waals surface area contributed by atoms with Gasteiger partial charge in [0.25, 0.3) is 0 Å². The zero-order chi connectivity index (χ0) is 16.4. The summed E-state index contributed by atoms with van der Waals surface area (Å²) in [4.78, 5) is 12.9. The van der Waals surface area contributed by atoms with Crippen molar-refractivity contribution in [2.75, 3.05) is 6.54 Å². The minimum absolute atomic E-state index is 0.113. The lowest BCUT2D eigenvalue weighted by Crippen LogP contribution is -2.44.